The number of nitrogens with zero attached hydrogens (tertiary/aromatic N) is 1. The summed E-state index contributed by atoms with van der Waals surface area (Å²) in [4.78, 5) is 12.5. The van der Waals surface area contributed by atoms with Crippen LogP contribution >= 0.6 is 11.8 Å². The number of carbonyl (C=O) groups excluding carboxylic acids is 1. The second-order valence-corrected chi connectivity index (χ2v) is 5.08. The number of aliphatic hydroxyl groups is 1. The molecule has 0 aliphatic carbocycles. The zero-order valence-corrected chi connectivity index (χ0v) is 12.2. The van der Waals surface area contributed by atoms with E-state index in [0.29, 0.717) is 29.2 Å². The molecular formula is C16H14ClNO3. The molecule has 1 heterocycles. The number of ether oxygens (including phenoxy) is 1. The average molecular weight is 304 g/mol. The predicted molar refractivity (Wildman–Crippen MR) is 80.4 cm³/mol. The molecule has 2 aromatic rings. The van der Waals surface area contributed by atoms with Crippen molar-refractivity contribution in [1.82, 2.24) is 0 Å². The third-order valence-corrected chi connectivity index (χ3v) is 3.91. The van der Waals surface area contributed by atoms with Gasteiger partial charge < -0.3 is 9.84 Å². The first-order valence-electron chi connectivity index (χ1n) is 6.65. The molecule has 1 amide bonds. The minimum atomic E-state index is -1.83. The zero-order chi connectivity index (χ0) is 15.0. The number of benzene rings is 2. The summed E-state index contributed by atoms with van der Waals surface area (Å²) < 4.78 is 6.50. The van der Waals surface area contributed by atoms with Crippen LogP contribution in [0.5, 0.6) is 5.75 Å². The van der Waals surface area contributed by atoms with Gasteiger partial charge in [0.05, 0.1) is 12.3 Å². The van der Waals surface area contributed by atoms with Crippen LogP contribution in [-0.2, 0) is 10.4 Å². The van der Waals surface area contributed by atoms with E-state index in [4.69, 9.17) is 16.5 Å². The average Bonchev–Trinajstić information content (AvgIpc) is 2.71. The topological polar surface area (TPSA) is 49.8 Å². The van der Waals surface area contributed by atoms with Crippen LogP contribution in [0.3, 0.4) is 0 Å². The molecule has 1 N–H and O–H groups in total. The quantitative estimate of drug-likeness (QED) is 0.887. The van der Waals surface area contributed by atoms with Crippen LogP contribution in [0.15, 0.2) is 48.5 Å². The molecule has 0 saturated heterocycles. The van der Waals surface area contributed by atoms with Crippen LogP contribution < -0.4 is 9.16 Å². The maximum absolute atomic E-state index is 12.5. The molecule has 1 aliphatic heterocycles. The van der Waals surface area contributed by atoms with Gasteiger partial charge in [0.15, 0.2) is 0 Å². The lowest BCUT2D eigenvalue weighted by Gasteiger charge is -2.24. The van der Waals surface area contributed by atoms with E-state index in [1.165, 1.54) is 0 Å². The molecule has 0 saturated carbocycles. The van der Waals surface area contributed by atoms with E-state index in [0.717, 1.165) is 4.42 Å². The van der Waals surface area contributed by atoms with Crippen molar-refractivity contribution in [3.8, 4) is 5.75 Å². The Kier molecular flexibility index (Phi) is 3.35. The first-order valence-corrected chi connectivity index (χ1v) is 6.99. The van der Waals surface area contributed by atoms with Gasteiger partial charge in [-0.1, -0.05) is 36.4 Å². The van der Waals surface area contributed by atoms with Crippen LogP contribution in [0.2, 0.25) is 0 Å². The molecule has 0 radical (unpaired) electrons. The molecule has 3 rings (SSSR count). The van der Waals surface area contributed by atoms with Gasteiger partial charge >= 0.3 is 0 Å². The highest BCUT2D eigenvalue weighted by Crippen LogP contribution is 2.47. The summed E-state index contributed by atoms with van der Waals surface area (Å²) in [6.07, 6.45) is 0. The Balaban J connectivity index is 2.24. The molecule has 5 heteroatoms. The van der Waals surface area contributed by atoms with Crippen LogP contribution in [0.25, 0.3) is 0 Å². The van der Waals surface area contributed by atoms with Crippen molar-refractivity contribution in [3.63, 3.8) is 0 Å². The van der Waals surface area contributed by atoms with Gasteiger partial charge in [-0.2, -0.15) is 0 Å². The zero-order valence-electron chi connectivity index (χ0n) is 11.4. The van der Waals surface area contributed by atoms with E-state index in [9.17, 15) is 9.90 Å². The summed E-state index contributed by atoms with van der Waals surface area (Å²) >= 11 is 6.04. The van der Waals surface area contributed by atoms with Crippen molar-refractivity contribution >= 4 is 23.4 Å². The summed E-state index contributed by atoms with van der Waals surface area (Å²) in [5, 5.41) is 11.1. The Morgan fingerprint density at radius 3 is 2.48 bits per heavy atom. The molecule has 0 aromatic heterocycles. The number of carbonyl (C=O) groups is 1. The molecule has 0 spiro atoms. The highest BCUT2D eigenvalue weighted by molar-refractivity contribution is 6.40. The van der Waals surface area contributed by atoms with Crippen LogP contribution in [0, 0.1) is 0 Å². The molecule has 108 valence electrons. The van der Waals surface area contributed by atoms with Crippen LogP contribution in [0.4, 0.5) is 5.69 Å². The molecule has 0 fully saturated rings. The fourth-order valence-corrected chi connectivity index (χ4v) is 2.89. The molecule has 2 aromatic carbocycles. The Bertz CT molecular complexity index is 703. The Hall–Kier alpha value is -2.04. The number of anilines is 1. The molecule has 0 unspecified atom stereocenters. The first kappa shape index (κ1) is 13.9. The second kappa shape index (κ2) is 5.06. The van der Waals surface area contributed by atoms with Gasteiger partial charge in [-0.3, -0.25) is 4.79 Å². The standard InChI is InChI=1S/C16H14ClNO3/c1-2-21-14-10-6-4-8-12(14)16(20)11-7-3-5-9-13(11)18(17)15(16)19/h3-10,20H,2H2,1H3/t16-/m0/s1. The van der Waals surface area contributed by atoms with E-state index in [2.05, 4.69) is 0 Å². The number of para-hydroxylation sites is 2. The third kappa shape index (κ3) is 1.91. The molecule has 1 aliphatic rings. The van der Waals surface area contributed by atoms with Crippen LogP contribution in [-0.4, -0.2) is 17.6 Å². The van der Waals surface area contributed by atoms with Crippen molar-refractivity contribution < 1.29 is 14.6 Å². The van der Waals surface area contributed by atoms with Crippen molar-refractivity contribution in [2.45, 2.75) is 12.5 Å². The lowest BCUT2D eigenvalue weighted by molar-refractivity contribution is -0.131. The third-order valence-electron chi connectivity index (χ3n) is 3.57. The van der Waals surface area contributed by atoms with Crippen molar-refractivity contribution in [1.29, 1.82) is 0 Å². The summed E-state index contributed by atoms with van der Waals surface area (Å²) in [5.41, 5.74) is -0.494. The highest BCUT2D eigenvalue weighted by Gasteiger charge is 2.52. The van der Waals surface area contributed by atoms with Gasteiger partial charge in [0.2, 0.25) is 5.60 Å². The van der Waals surface area contributed by atoms with Gasteiger partial charge in [-0.15, -0.1) is 0 Å². The molecule has 0 bridgehead atoms. The number of fused-ring (bicyclic) bond motifs is 1. The molecule has 4 nitrogen and oxygen atoms in total. The predicted octanol–water partition coefficient (Wildman–Crippen LogP) is 2.82. The van der Waals surface area contributed by atoms with E-state index in [-0.39, 0.29) is 0 Å². The van der Waals surface area contributed by atoms with Crippen molar-refractivity contribution in [3.05, 3.63) is 59.7 Å². The van der Waals surface area contributed by atoms with Crippen LogP contribution in [0.1, 0.15) is 18.1 Å². The molecule has 21 heavy (non-hydrogen) atoms. The summed E-state index contributed by atoms with van der Waals surface area (Å²) in [5.74, 6) is -0.130. The van der Waals surface area contributed by atoms with E-state index in [1.807, 2.05) is 6.92 Å². The number of hydrogen-bond donors (Lipinski definition) is 1. The number of hydrogen-bond acceptors (Lipinski definition) is 3. The van der Waals surface area contributed by atoms with Crippen molar-refractivity contribution in [2.75, 3.05) is 11.0 Å². The van der Waals surface area contributed by atoms with E-state index in [1.54, 1.807) is 48.5 Å². The molecular weight excluding hydrogens is 290 g/mol. The van der Waals surface area contributed by atoms with Gasteiger partial charge in [0.25, 0.3) is 5.91 Å². The fourth-order valence-electron chi connectivity index (χ4n) is 2.62. The number of rotatable bonds is 3. The summed E-state index contributed by atoms with van der Waals surface area (Å²) in [6, 6.07) is 13.9. The minimum Gasteiger partial charge on any atom is -0.493 e. The largest absolute Gasteiger partial charge is 0.493 e. The number of halogens is 1. The van der Waals surface area contributed by atoms with Gasteiger partial charge in [-0.25, -0.2) is 4.42 Å². The summed E-state index contributed by atoms with van der Waals surface area (Å²) in [7, 11) is 0. The summed E-state index contributed by atoms with van der Waals surface area (Å²) in [6.45, 7) is 2.28. The van der Waals surface area contributed by atoms with Gasteiger partial charge in [-0.05, 0) is 19.1 Å². The first-order chi connectivity index (χ1) is 10.1. The maximum atomic E-state index is 12.5. The van der Waals surface area contributed by atoms with Crippen molar-refractivity contribution in [2.24, 2.45) is 0 Å². The Morgan fingerprint density at radius 1 is 1.14 bits per heavy atom. The molecule has 1 atom stereocenters. The van der Waals surface area contributed by atoms with E-state index >= 15 is 0 Å². The lowest BCUT2D eigenvalue weighted by atomic mass is 9.87. The minimum absolute atomic E-state index is 0.396. The SMILES string of the molecule is CCOc1ccccc1[C@]1(O)C(=O)N(Cl)c2ccccc21. The smallest absolute Gasteiger partial charge is 0.283 e. The highest BCUT2D eigenvalue weighted by atomic mass is 35.5. The lowest BCUT2D eigenvalue weighted by Crippen LogP contribution is -2.38. The fraction of sp³-hybridized carbons (Fsp3) is 0.188. The van der Waals surface area contributed by atoms with E-state index < -0.39 is 11.5 Å². The maximum Gasteiger partial charge on any atom is 0.283 e. The second-order valence-electron chi connectivity index (χ2n) is 4.74. The Morgan fingerprint density at radius 2 is 1.76 bits per heavy atom. The van der Waals surface area contributed by atoms with Gasteiger partial charge in [0.1, 0.15) is 5.75 Å². The normalized spacial score (nSPS) is 20.5. The number of amides is 1. The Labute approximate surface area is 127 Å². The van der Waals surface area contributed by atoms with Gasteiger partial charge in [0, 0.05) is 22.9 Å². The monoisotopic (exact) mass is 303 g/mol.